The normalized spacial score (nSPS) is 11.3. The molecule has 0 N–H and O–H groups in total. The summed E-state index contributed by atoms with van der Waals surface area (Å²) in [5.41, 5.74) is 4.14. The maximum atomic E-state index is 2.32. The van der Waals surface area contributed by atoms with Crippen LogP contribution in [0.2, 0.25) is 0 Å². The van der Waals surface area contributed by atoms with E-state index in [2.05, 4.69) is 60.8 Å². The minimum absolute atomic E-state index is 1.22. The predicted octanol–water partition coefficient (Wildman–Crippen LogP) is 9.42. The molecule has 150 valence electrons. The highest BCUT2D eigenvalue weighted by atomic mass is 32.1. The molecule has 3 rings (SSSR count). The lowest BCUT2D eigenvalue weighted by Crippen LogP contribution is -1.87. The van der Waals surface area contributed by atoms with E-state index in [4.69, 9.17) is 0 Å². The van der Waals surface area contributed by atoms with Crippen LogP contribution in [0.3, 0.4) is 0 Å². The fraction of sp³-hybridized carbons (Fsp3) is 0.481. The van der Waals surface area contributed by atoms with Gasteiger partial charge in [-0.1, -0.05) is 108 Å². The van der Waals surface area contributed by atoms with Crippen LogP contribution in [0, 0.1) is 0 Å². The van der Waals surface area contributed by atoms with Gasteiger partial charge in [-0.05, 0) is 52.4 Å². The standard InChI is InChI=1S/C27H36S/c1-2-3-4-5-6-7-8-9-10-11-12-13-23-14-16-24(17-15-23)26-19-18-25-20-21-28-27(25)22-26/h14-22H,2-13H2,1H3. The molecule has 0 unspecified atom stereocenters. The molecule has 0 aliphatic carbocycles. The highest BCUT2D eigenvalue weighted by Gasteiger charge is 2.02. The van der Waals surface area contributed by atoms with Crippen LogP contribution in [0.25, 0.3) is 21.2 Å². The first-order valence-electron chi connectivity index (χ1n) is 11.4. The van der Waals surface area contributed by atoms with Gasteiger partial charge in [0.05, 0.1) is 0 Å². The van der Waals surface area contributed by atoms with Gasteiger partial charge in [0.1, 0.15) is 0 Å². The second kappa shape index (κ2) is 12.1. The Morgan fingerprint density at radius 2 is 1.21 bits per heavy atom. The SMILES string of the molecule is CCCCCCCCCCCCCc1ccc(-c2ccc3ccsc3c2)cc1. The summed E-state index contributed by atoms with van der Waals surface area (Å²) in [5, 5.41) is 3.52. The van der Waals surface area contributed by atoms with E-state index in [0.29, 0.717) is 0 Å². The van der Waals surface area contributed by atoms with E-state index in [9.17, 15) is 0 Å². The summed E-state index contributed by atoms with van der Waals surface area (Å²) in [4.78, 5) is 0. The Balaban J connectivity index is 1.30. The van der Waals surface area contributed by atoms with E-state index in [1.54, 1.807) is 0 Å². The second-order valence-corrected chi connectivity index (χ2v) is 9.10. The molecule has 1 heterocycles. The Kier molecular flexibility index (Phi) is 9.10. The van der Waals surface area contributed by atoms with Gasteiger partial charge < -0.3 is 0 Å². The number of thiophene rings is 1. The monoisotopic (exact) mass is 392 g/mol. The first-order chi connectivity index (χ1) is 13.9. The number of hydrogen-bond donors (Lipinski definition) is 0. The van der Waals surface area contributed by atoms with Crippen molar-refractivity contribution in [2.75, 3.05) is 0 Å². The fourth-order valence-electron chi connectivity index (χ4n) is 3.99. The zero-order valence-corrected chi connectivity index (χ0v) is 18.4. The van der Waals surface area contributed by atoms with E-state index in [1.165, 1.54) is 104 Å². The maximum absolute atomic E-state index is 2.32. The van der Waals surface area contributed by atoms with Crippen LogP contribution in [-0.4, -0.2) is 0 Å². The van der Waals surface area contributed by atoms with Crippen LogP contribution >= 0.6 is 11.3 Å². The van der Waals surface area contributed by atoms with E-state index < -0.39 is 0 Å². The molecular weight excluding hydrogens is 356 g/mol. The van der Waals surface area contributed by atoms with Crippen molar-refractivity contribution in [3.63, 3.8) is 0 Å². The van der Waals surface area contributed by atoms with Gasteiger partial charge in [0.15, 0.2) is 0 Å². The first-order valence-corrected chi connectivity index (χ1v) is 12.3. The smallest absolute Gasteiger partial charge is 0.0348 e. The minimum atomic E-state index is 1.22. The Hall–Kier alpha value is -1.60. The quantitative estimate of drug-likeness (QED) is 0.254. The van der Waals surface area contributed by atoms with Crippen molar-refractivity contribution in [3.8, 4) is 11.1 Å². The molecule has 0 bridgehead atoms. The van der Waals surface area contributed by atoms with Crippen LogP contribution in [0.15, 0.2) is 53.9 Å². The predicted molar refractivity (Wildman–Crippen MR) is 127 cm³/mol. The molecule has 0 spiro atoms. The van der Waals surface area contributed by atoms with Crippen molar-refractivity contribution in [2.45, 2.75) is 84.0 Å². The Labute approximate surface area is 176 Å². The second-order valence-electron chi connectivity index (χ2n) is 8.16. The average molecular weight is 393 g/mol. The van der Waals surface area contributed by atoms with Crippen LogP contribution in [0.4, 0.5) is 0 Å². The van der Waals surface area contributed by atoms with Crippen molar-refractivity contribution < 1.29 is 0 Å². The van der Waals surface area contributed by atoms with Crippen molar-refractivity contribution in [3.05, 3.63) is 59.5 Å². The van der Waals surface area contributed by atoms with Crippen molar-refractivity contribution in [2.24, 2.45) is 0 Å². The summed E-state index contributed by atoms with van der Waals surface area (Å²) < 4.78 is 1.38. The molecule has 0 atom stereocenters. The molecule has 0 aliphatic heterocycles. The number of rotatable bonds is 13. The van der Waals surface area contributed by atoms with Crippen LogP contribution < -0.4 is 0 Å². The molecule has 0 radical (unpaired) electrons. The van der Waals surface area contributed by atoms with E-state index in [-0.39, 0.29) is 0 Å². The third-order valence-corrected chi connectivity index (χ3v) is 6.69. The Morgan fingerprint density at radius 3 is 1.89 bits per heavy atom. The molecule has 0 fully saturated rings. The van der Waals surface area contributed by atoms with Gasteiger partial charge in [0, 0.05) is 4.70 Å². The number of unbranched alkanes of at least 4 members (excludes halogenated alkanes) is 10. The van der Waals surface area contributed by atoms with Gasteiger partial charge in [-0.2, -0.15) is 0 Å². The molecule has 2 aromatic carbocycles. The zero-order valence-electron chi connectivity index (χ0n) is 17.6. The summed E-state index contributed by atoms with van der Waals surface area (Å²) >= 11 is 1.82. The number of aryl methyl sites for hydroxylation is 1. The number of hydrogen-bond acceptors (Lipinski definition) is 1. The first kappa shape index (κ1) is 21.1. The molecule has 28 heavy (non-hydrogen) atoms. The number of fused-ring (bicyclic) bond motifs is 1. The summed E-state index contributed by atoms with van der Waals surface area (Å²) in [6, 6.07) is 18.2. The third-order valence-electron chi connectivity index (χ3n) is 5.81. The van der Waals surface area contributed by atoms with E-state index in [0.717, 1.165) is 0 Å². The summed E-state index contributed by atoms with van der Waals surface area (Å²) in [6.45, 7) is 2.29. The molecule has 0 saturated carbocycles. The maximum Gasteiger partial charge on any atom is 0.0348 e. The lowest BCUT2D eigenvalue weighted by Gasteiger charge is -2.06. The molecule has 0 aliphatic rings. The fourth-order valence-corrected chi connectivity index (χ4v) is 4.82. The van der Waals surface area contributed by atoms with Crippen LogP contribution in [-0.2, 0) is 6.42 Å². The van der Waals surface area contributed by atoms with Gasteiger partial charge in [0.25, 0.3) is 0 Å². The lowest BCUT2D eigenvalue weighted by molar-refractivity contribution is 0.549. The van der Waals surface area contributed by atoms with Gasteiger partial charge >= 0.3 is 0 Å². The van der Waals surface area contributed by atoms with Gasteiger partial charge in [0.2, 0.25) is 0 Å². The summed E-state index contributed by atoms with van der Waals surface area (Å²) in [5.74, 6) is 0. The Bertz CT molecular complexity index is 797. The van der Waals surface area contributed by atoms with Crippen LogP contribution in [0.5, 0.6) is 0 Å². The Morgan fingerprint density at radius 1 is 0.607 bits per heavy atom. The van der Waals surface area contributed by atoms with Gasteiger partial charge in [-0.25, -0.2) is 0 Å². The average Bonchev–Trinajstić information content (AvgIpc) is 3.20. The van der Waals surface area contributed by atoms with E-state index in [1.807, 2.05) is 11.3 Å². The minimum Gasteiger partial charge on any atom is -0.144 e. The molecule has 1 heteroatoms. The highest BCUT2D eigenvalue weighted by Crippen LogP contribution is 2.28. The molecule has 1 aromatic heterocycles. The topological polar surface area (TPSA) is 0 Å². The van der Waals surface area contributed by atoms with Crippen molar-refractivity contribution in [1.29, 1.82) is 0 Å². The molecule has 0 amide bonds. The van der Waals surface area contributed by atoms with Crippen molar-refractivity contribution in [1.82, 2.24) is 0 Å². The molecular formula is C27H36S. The lowest BCUT2D eigenvalue weighted by atomic mass is 10.00. The van der Waals surface area contributed by atoms with Crippen LogP contribution in [0.1, 0.15) is 83.1 Å². The summed E-state index contributed by atoms with van der Waals surface area (Å²) in [6.07, 6.45) is 16.8. The zero-order chi connectivity index (χ0) is 19.4. The highest BCUT2D eigenvalue weighted by molar-refractivity contribution is 7.17. The summed E-state index contributed by atoms with van der Waals surface area (Å²) in [7, 11) is 0. The largest absolute Gasteiger partial charge is 0.144 e. The molecule has 3 aromatic rings. The molecule has 0 nitrogen and oxygen atoms in total. The van der Waals surface area contributed by atoms with Gasteiger partial charge in [-0.3, -0.25) is 0 Å². The van der Waals surface area contributed by atoms with E-state index >= 15 is 0 Å². The number of benzene rings is 2. The van der Waals surface area contributed by atoms with Gasteiger partial charge in [-0.15, -0.1) is 11.3 Å². The third kappa shape index (κ3) is 6.78. The molecule has 0 saturated heterocycles. The van der Waals surface area contributed by atoms with Crippen molar-refractivity contribution >= 4 is 21.4 Å².